The van der Waals surface area contributed by atoms with E-state index in [1.54, 1.807) is 11.8 Å². The standard InChI is InChI=1S/C22H27ClN4S/c1-5-20(26(3)4)21-24-25-22(27(21)15-17-11-7-6-8-12-17)28-16(2)18-13-9-10-14-19(18)23/h6-14,16,20H,5,15H2,1-4H3/t16-,20+/m1/s1. The number of hydrogen-bond acceptors (Lipinski definition) is 4. The van der Waals surface area contributed by atoms with Crippen molar-refractivity contribution >= 4 is 23.4 Å². The summed E-state index contributed by atoms with van der Waals surface area (Å²) >= 11 is 8.12. The zero-order chi connectivity index (χ0) is 20.1. The minimum absolute atomic E-state index is 0.180. The van der Waals surface area contributed by atoms with Gasteiger partial charge in [0.15, 0.2) is 11.0 Å². The molecule has 0 N–H and O–H groups in total. The molecule has 3 aromatic rings. The Hall–Kier alpha value is -1.82. The van der Waals surface area contributed by atoms with Crippen molar-refractivity contribution in [2.45, 2.75) is 43.3 Å². The molecule has 6 heteroatoms. The maximum atomic E-state index is 6.41. The van der Waals surface area contributed by atoms with Crippen LogP contribution < -0.4 is 0 Å². The molecule has 0 radical (unpaired) electrons. The highest BCUT2D eigenvalue weighted by atomic mass is 35.5. The molecule has 4 nitrogen and oxygen atoms in total. The second-order valence-corrected chi connectivity index (χ2v) is 8.80. The molecule has 0 aliphatic rings. The molecule has 1 aromatic heterocycles. The van der Waals surface area contributed by atoms with Crippen molar-refractivity contribution in [2.75, 3.05) is 14.1 Å². The van der Waals surface area contributed by atoms with E-state index in [4.69, 9.17) is 11.6 Å². The van der Waals surface area contributed by atoms with Crippen LogP contribution in [0.4, 0.5) is 0 Å². The van der Waals surface area contributed by atoms with Crippen LogP contribution in [0.5, 0.6) is 0 Å². The molecule has 28 heavy (non-hydrogen) atoms. The van der Waals surface area contributed by atoms with Gasteiger partial charge >= 0.3 is 0 Å². The first kappa shape index (κ1) is 20.9. The Morgan fingerprint density at radius 1 is 1.04 bits per heavy atom. The zero-order valence-corrected chi connectivity index (χ0v) is 18.4. The fraction of sp³-hybridized carbons (Fsp3) is 0.364. The lowest BCUT2D eigenvalue weighted by atomic mass is 10.2. The summed E-state index contributed by atoms with van der Waals surface area (Å²) in [6.45, 7) is 5.10. The van der Waals surface area contributed by atoms with Crippen molar-refractivity contribution in [1.82, 2.24) is 19.7 Å². The Balaban J connectivity index is 1.96. The molecule has 1 heterocycles. The second-order valence-electron chi connectivity index (χ2n) is 7.08. The quantitative estimate of drug-likeness (QED) is 0.433. The van der Waals surface area contributed by atoms with Gasteiger partial charge in [-0.25, -0.2) is 0 Å². The minimum atomic E-state index is 0.180. The molecule has 0 saturated carbocycles. The maximum absolute atomic E-state index is 6.41. The van der Waals surface area contributed by atoms with Crippen molar-refractivity contribution in [1.29, 1.82) is 0 Å². The molecule has 0 aliphatic carbocycles. The third kappa shape index (κ3) is 4.77. The van der Waals surface area contributed by atoms with Crippen LogP contribution in [0.2, 0.25) is 5.02 Å². The Morgan fingerprint density at radius 2 is 1.71 bits per heavy atom. The van der Waals surface area contributed by atoms with Gasteiger partial charge in [-0.2, -0.15) is 0 Å². The minimum Gasteiger partial charge on any atom is -0.300 e. The highest BCUT2D eigenvalue weighted by Gasteiger charge is 2.24. The number of rotatable bonds is 8. The zero-order valence-electron chi connectivity index (χ0n) is 16.8. The topological polar surface area (TPSA) is 34.0 Å². The molecule has 3 rings (SSSR count). The fourth-order valence-electron chi connectivity index (χ4n) is 3.35. The third-order valence-corrected chi connectivity index (χ3v) is 6.33. The Kier molecular flexibility index (Phi) is 7.16. The summed E-state index contributed by atoms with van der Waals surface area (Å²) in [6.07, 6.45) is 0.977. The lowest BCUT2D eigenvalue weighted by Crippen LogP contribution is -2.23. The molecule has 2 aromatic carbocycles. The third-order valence-electron chi connectivity index (χ3n) is 4.86. The molecule has 0 fully saturated rings. The van der Waals surface area contributed by atoms with Gasteiger partial charge in [0.2, 0.25) is 0 Å². The first-order chi connectivity index (χ1) is 13.5. The van der Waals surface area contributed by atoms with Crippen LogP contribution in [0.25, 0.3) is 0 Å². The van der Waals surface area contributed by atoms with E-state index < -0.39 is 0 Å². The molecule has 0 unspecified atom stereocenters. The molecule has 0 saturated heterocycles. The van der Waals surface area contributed by atoms with Gasteiger partial charge in [0.1, 0.15) is 0 Å². The highest BCUT2D eigenvalue weighted by molar-refractivity contribution is 7.99. The summed E-state index contributed by atoms with van der Waals surface area (Å²) in [5.74, 6) is 1.00. The molecular formula is C22H27ClN4S. The van der Waals surface area contributed by atoms with Crippen molar-refractivity contribution in [3.8, 4) is 0 Å². The Bertz CT molecular complexity index is 895. The molecule has 0 spiro atoms. The molecule has 148 valence electrons. The molecule has 0 bridgehead atoms. The van der Waals surface area contributed by atoms with E-state index in [1.807, 2.05) is 24.3 Å². The lowest BCUT2D eigenvalue weighted by Gasteiger charge is -2.23. The van der Waals surface area contributed by atoms with Gasteiger partial charge in [-0.05, 0) is 44.6 Å². The van der Waals surface area contributed by atoms with E-state index in [0.29, 0.717) is 0 Å². The summed E-state index contributed by atoms with van der Waals surface area (Å²) in [4.78, 5) is 2.21. The second kappa shape index (κ2) is 9.59. The van der Waals surface area contributed by atoms with Crippen LogP contribution in [0.15, 0.2) is 59.8 Å². The van der Waals surface area contributed by atoms with Crippen molar-refractivity contribution in [2.24, 2.45) is 0 Å². The lowest BCUT2D eigenvalue weighted by molar-refractivity contribution is 0.272. The number of hydrogen-bond donors (Lipinski definition) is 0. The fourth-order valence-corrected chi connectivity index (χ4v) is 4.74. The number of nitrogens with zero attached hydrogens (tertiary/aromatic N) is 4. The van der Waals surface area contributed by atoms with Crippen LogP contribution in [0.3, 0.4) is 0 Å². The van der Waals surface area contributed by atoms with Gasteiger partial charge in [-0.1, -0.05) is 78.8 Å². The predicted octanol–water partition coefficient (Wildman–Crippen LogP) is 5.85. The van der Waals surface area contributed by atoms with Crippen LogP contribution >= 0.6 is 23.4 Å². The van der Waals surface area contributed by atoms with Crippen LogP contribution in [-0.2, 0) is 6.54 Å². The van der Waals surface area contributed by atoms with Crippen molar-refractivity contribution in [3.63, 3.8) is 0 Å². The smallest absolute Gasteiger partial charge is 0.192 e. The summed E-state index contributed by atoms with van der Waals surface area (Å²) in [5.41, 5.74) is 2.36. The van der Waals surface area contributed by atoms with E-state index >= 15 is 0 Å². The number of aromatic nitrogens is 3. The predicted molar refractivity (Wildman–Crippen MR) is 118 cm³/mol. The van der Waals surface area contributed by atoms with Crippen molar-refractivity contribution < 1.29 is 0 Å². The van der Waals surface area contributed by atoms with Crippen molar-refractivity contribution in [3.05, 3.63) is 76.6 Å². The summed E-state index contributed by atoms with van der Waals surface area (Å²) in [5, 5.41) is 11.0. The van der Waals surface area contributed by atoms with E-state index in [1.165, 1.54) is 5.56 Å². The molecule has 0 aliphatic heterocycles. The molecule has 0 amide bonds. The summed E-state index contributed by atoms with van der Waals surface area (Å²) in [6, 6.07) is 18.7. The summed E-state index contributed by atoms with van der Waals surface area (Å²) in [7, 11) is 4.18. The average Bonchev–Trinajstić information content (AvgIpc) is 3.05. The monoisotopic (exact) mass is 414 g/mol. The van der Waals surface area contributed by atoms with Gasteiger partial charge in [-0.15, -0.1) is 10.2 Å². The SMILES string of the molecule is CC[C@@H](c1nnc(S[C@H](C)c2ccccc2Cl)n1Cc1ccccc1)N(C)C. The van der Waals surface area contributed by atoms with Crippen LogP contribution in [-0.4, -0.2) is 33.8 Å². The average molecular weight is 415 g/mol. The van der Waals surface area contributed by atoms with Crippen LogP contribution in [0, 0.1) is 0 Å². The first-order valence-corrected chi connectivity index (χ1v) is 10.8. The van der Waals surface area contributed by atoms with Crippen LogP contribution in [0.1, 0.15) is 48.5 Å². The van der Waals surface area contributed by atoms with E-state index in [2.05, 4.69) is 77.9 Å². The largest absolute Gasteiger partial charge is 0.300 e. The van der Waals surface area contributed by atoms with E-state index in [0.717, 1.165) is 34.5 Å². The first-order valence-electron chi connectivity index (χ1n) is 9.55. The summed E-state index contributed by atoms with van der Waals surface area (Å²) < 4.78 is 2.25. The van der Waals surface area contributed by atoms with Gasteiger partial charge < -0.3 is 4.57 Å². The van der Waals surface area contributed by atoms with E-state index in [9.17, 15) is 0 Å². The normalized spacial score (nSPS) is 13.6. The maximum Gasteiger partial charge on any atom is 0.192 e. The molecule has 2 atom stereocenters. The number of halogens is 1. The van der Waals surface area contributed by atoms with Gasteiger partial charge in [0.05, 0.1) is 12.6 Å². The Labute approximate surface area is 176 Å². The van der Waals surface area contributed by atoms with Gasteiger partial charge in [0, 0.05) is 10.3 Å². The number of thioether (sulfide) groups is 1. The van der Waals surface area contributed by atoms with Gasteiger partial charge in [0.25, 0.3) is 0 Å². The highest BCUT2D eigenvalue weighted by Crippen LogP contribution is 2.38. The van der Waals surface area contributed by atoms with E-state index in [-0.39, 0.29) is 11.3 Å². The molecular weight excluding hydrogens is 388 g/mol. The number of benzene rings is 2. The van der Waals surface area contributed by atoms with Gasteiger partial charge in [-0.3, -0.25) is 4.90 Å². The Morgan fingerprint density at radius 3 is 2.36 bits per heavy atom.